The van der Waals surface area contributed by atoms with Gasteiger partial charge in [0.25, 0.3) is 5.91 Å². The Bertz CT molecular complexity index is 775. The van der Waals surface area contributed by atoms with Crippen molar-refractivity contribution in [2.45, 2.75) is 37.6 Å². The summed E-state index contributed by atoms with van der Waals surface area (Å²) in [5, 5.41) is 2.92. The summed E-state index contributed by atoms with van der Waals surface area (Å²) in [5.74, 6) is 0.347. The highest BCUT2D eigenvalue weighted by Gasteiger charge is 2.13. The van der Waals surface area contributed by atoms with Gasteiger partial charge in [0.05, 0.1) is 5.75 Å². The molecule has 0 atom stereocenters. The van der Waals surface area contributed by atoms with Gasteiger partial charge in [-0.05, 0) is 40.8 Å². The van der Waals surface area contributed by atoms with Gasteiger partial charge in [0.15, 0.2) is 0 Å². The number of nitrogens with one attached hydrogen (secondary N) is 1. The molecule has 0 saturated heterocycles. The van der Waals surface area contributed by atoms with Gasteiger partial charge in [0, 0.05) is 31.1 Å². The zero-order valence-corrected chi connectivity index (χ0v) is 17.5. The maximum atomic E-state index is 12.1. The quantitative estimate of drug-likeness (QED) is 0.763. The van der Waals surface area contributed by atoms with Crippen LogP contribution in [0.15, 0.2) is 53.4 Å². The highest BCUT2D eigenvalue weighted by molar-refractivity contribution is 8.00. The Kier molecular flexibility index (Phi) is 7.08. The number of rotatable bonds is 6. The molecule has 2 aromatic carbocycles. The summed E-state index contributed by atoms with van der Waals surface area (Å²) in [7, 11) is 3.45. The average Bonchev–Trinajstić information content (AvgIpc) is 2.64. The van der Waals surface area contributed by atoms with Crippen LogP contribution >= 0.6 is 11.8 Å². The second-order valence-electron chi connectivity index (χ2n) is 7.74. The maximum Gasteiger partial charge on any atom is 0.253 e. The third-order valence-electron chi connectivity index (χ3n) is 4.19. The molecule has 0 unspecified atom stereocenters. The van der Waals surface area contributed by atoms with Crippen molar-refractivity contribution in [2.75, 3.05) is 19.8 Å². The van der Waals surface area contributed by atoms with Crippen molar-refractivity contribution in [3.05, 3.63) is 65.2 Å². The number of benzene rings is 2. The number of carbonyl (C=O) groups is 2. The monoisotopic (exact) mass is 384 g/mol. The van der Waals surface area contributed by atoms with Gasteiger partial charge in [-0.3, -0.25) is 9.59 Å². The van der Waals surface area contributed by atoms with Gasteiger partial charge in [0.2, 0.25) is 5.91 Å². The fourth-order valence-electron chi connectivity index (χ4n) is 2.48. The highest BCUT2D eigenvalue weighted by atomic mass is 32.2. The molecule has 0 aromatic heterocycles. The van der Waals surface area contributed by atoms with E-state index in [9.17, 15) is 9.59 Å². The van der Waals surface area contributed by atoms with E-state index >= 15 is 0 Å². The molecular weight excluding hydrogens is 356 g/mol. The summed E-state index contributed by atoms with van der Waals surface area (Å²) in [4.78, 5) is 26.6. The predicted octanol–water partition coefficient (Wildman–Crippen LogP) is 4.09. The molecule has 0 radical (unpaired) electrons. The largest absolute Gasteiger partial charge is 0.351 e. The molecule has 144 valence electrons. The third kappa shape index (κ3) is 6.43. The average molecular weight is 385 g/mol. The first-order chi connectivity index (χ1) is 12.7. The molecule has 1 N–H and O–H groups in total. The van der Waals surface area contributed by atoms with Gasteiger partial charge in [-0.15, -0.1) is 11.8 Å². The summed E-state index contributed by atoms with van der Waals surface area (Å²) in [6.45, 7) is 7.02. The van der Waals surface area contributed by atoms with E-state index in [4.69, 9.17) is 0 Å². The lowest BCUT2D eigenvalue weighted by Gasteiger charge is -2.19. The Morgan fingerprint density at radius 3 is 2.07 bits per heavy atom. The van der Waals surface area contributed by atoms with Gasteiger partial charge in [-0.2, -0.15) is 0 Å². The Morgan fingerprint density at radius 1 is 0.963 bits per heavy atom. The van der Waals surface area contributed by atoms with Crippen molar-refractivity contribution >= 4 is 23.6 Å². The molecule has 2 aromatic rings. The number of hydrogen-bond acceptors (Lipinski definition) is 3. The van der Waals surface area contributed by atoms with Crippen molar-refractivity contribution in [3.8, 4) is 0 Å². The highest BCUT2D eigenvalue weighted by Crippen LogP contribution is 2.25. The molecule has 2 rings (SSSR count). The minimum absolute atomic E-state index is 0.00616. The minimum Gasteiger partial charge on any atom is -0.351 e. The van der Waals surface area contributed by atoms with Crippen LogP contribution in [0, 0.1) is 0 Å². The van der Waals surface area contributed by atoms with Gasteiger partial charge >= 0.3 is 0 Å². The third-order valence-corrected chi connectivity index (χ3v) is 5.20. The summed E-state index contributed by atoms with van der Waals surface area (Å²) in [6.07, 6.45) is 0. The van der Waals surface area contributed by atoms with Crippen molar-refractivity contribution in [3.63, 3.8) is 0 Å². The number of hydrogen-bond donors (Lipinski definition) is 1. The van der Waals surface area contributed by atoms with E-state index in [-0.39, 0.29) is 17.2 Å². The van der Waals surface area contributed by atoms with Crippen LogP contribution < -0.4 is 5.32 Å². The Hall–Kier alpha value is -2.27. The lowest BCUT2D eigenvalue weighted by molar-refractivity contribution is -0.118. The predicted molar refractivity (Wildman–Crippen MR) is 112 cm³/mol. The number of thioether (sulfide) groups is 1. The molecule has 0 saturated carbocycles. The molecule has 5 heteroatoms. The van der Waals surface area contributed by atoms with Crippen LogP contribution in [0.3, 0.4) is 0 Å². The first kappa shape index (κ1) is 21.0. The van der Waals surface area contributed by atoms with Crippen LogP contribution in [0.5, 0.6) is 0 Å². The van der Waals surface area contributed by atoms with Gasteiger partial charge < -0.3 is 10.2 Å². The molecule has 27 heavy (non-hydrogen) atoms. The second kappa shape index (κ2) is 9.09. The molecule has 0 aliphatic rings. The summed E-state index contributed by atoms with van der Waals surface area (Å²) < 4.78 is 0. The van der Waals surface area contributed by atoms with E-state index in [1.807, 2.05) is 12.1 Å². The molecule has 0 aliphatic carbocycles. The van der Waals surface area contributed by atoms with Crippen molar-refractivity contribution in [1.82, 2.24) is 10.2 Å². The summed E-state index contributed by atoms with van der Waals surface area (Å²) >= 11 is 1.53. The Morgan fingerprint density at radius 2 is 1.56 bits per heavy atom. The molecule has 0 fully saturated rings. The molecule has 4 nitrogen and oxygen atoms in total. The number of amides is 2. The van der Waals surface area contributed by atoms with Crippen molar-refractivity contribution in [2.24, 2.45) is 0 Å². The first-order valence-electron chi connectivity index (χ1n) is 8.97. The van der Waals surface area contributed by atoms with E-state index in [2.05, 4.69) is 50.4 Å². The number of nitrogens with zero attached hydrogens (tertiary/aromatic N) is 1. The summed E-state index contributed by atoms with van der Waals surface area (Å²) in [6, 6.07) is 15.7. The molecular formula is C22H28N2O2S. The molecule has 0 heterocycles. The van der Waals surface area contributed by atoms with Crippen molar-refractivity contribution < 1.29 is 9.59 Å². The SMILES string of the molecule is CN(C)C(=O)c1ccc(CNC(=O)CSc2ccc(C(C)(C)C)cc2)cc1. The van der Waals surface area contributed by atoms with Crippen LogP contribution in [-0.2, 0) is 16.8 Å². The smallest absolute Gasteiger partial charge is 0.253 e. The van der Waals surface area contributed by atoms with E-state index in [1.165, 1.54) is 17.3 Å². The van der Waals surface area contributed by atoms with Crippen LogP contribution in [0.1, 0.15) is 42.3 Å². The summed E-state index contributed by atoms with van der Waals surface area (Å²) in [5.41, 5.74) is 3.03. The Labute approximate surface area is 166 Å². The van der Waals surface area contributed by atoms with Gasteiger partial charge in [-0.1, -0.05) is 45.0 Å². The molecule has 0 aliphatic heterocycles. The van der Waals surface area contributed by atoms with E-state index in [0.29, 0.717) is 17.9 Å². The van der Waals surface area contributed by atoms with Crippen LogP contribution in [0.4, 0.5) is 0 Å². The van der Waals surface area contributed by atoms with Crippen molar-refractivity contribution in [1.29, 1.82) is 0 Å². The van der Waals surface area contributed by atoms with E-state index < -0.39 is 0 Å². The minimum atomic E-state index is -0.0283. The van der Waals surface area contributed by atoms with E-state index in [1.54, 1.807) is 31.1 Å². The zero-order valence-electron chi connectivity index (χ0n) is 16.7. The lowest BCUT2D eigenvalue weighted by Crippen LogP contribution is -2.25. The first-order valence-corrected chi connectivity index (χ1v) is 9.96. The van der Waals surface area contributed by atoms with Crippen LogP contribution in [0.2, 0.25) is 0 Å². The molecule has 0 spiro atoms. The zero-order chi connectivity index (χ0) is 20.0. The van der Waals surface area contributed by atoms with E-state index in [0.717, 1.165) is 10.5 Å². The lowest BCUT2D eigenvalue weighted by atomic mass is 9.87. The fourth-order valence-corrected chi connectivity index (χ4v) is 3.20. The Balaban J connectivity index is 1.80. The topological polar surface area (TPSA) is 49.4 Å². The van der Waals surface area contributed by atoms with Crippen LogP contribution in [-0.4, -0.2) is 36.6 Å². The van der Waals surface area contributed by atoms with Gasteiger partial charge in [-0.25, -0.2) is 0 Å². The van der Waals surface area contributed by atoms with Gasteiger partial charge in [0.1, 0.15) is 0 Å². The van der Waals surface area contributed by atoms with Crippen LogP contribution in [0.25, 0.3) is 0 Å². The standard InChI is InChI=1S/C22H28N2O2S/c1-22(2,3)18-10-12-19(13-11-18)27-15-20(25)23-14-16-6-8-17(9-7-16)21(26)24(4)5/h6-13H,14-15H2,1-5H3,(H,23,25). The maximum absolute atomic E-state index is 12.1. The fraction of sp³-hybridized carbons (Fsp3) is 0.364. The molecule has 0 bridgehead atoms. The number of carbonyl (C=O) groups excluding carboxylic acids is 2. The second-order valence-corrected chi connectivity index (χ2v) is 8.79. The normalized spacial score (nSPS) is 11.1. The molecule has 2 amide bonds.